The van der Waals surface area contributed by atoms with Crippen molar-refractivity contribution in [3.8, 4) is 0 Å². The largest absolute Gasteiger partial charge is 0.469 e. The second-order valence-corrected chi connectivity index (χ2v) is 3.70. The molecule has 1 unspecified atom stereocenters. The van der Waals surface area contributed by atoms with Crippen LogP contribution in [-0.2, 0) is 14.3 Å². The smallest absolute Gasteiger partial charge is 0.409 e. The molecule has 86 valence electrons. The summed E-state index contributed by atoms with van der Waals surface area (Å²) >= 11 is 0. The van der Waals surface area contributed by atoms with Crippen LogP contribution in [-0.4, -0.2) is 43.8 Å². The van der Waals surface area contributed by atoms with Gasteiger partial charge in [0, 0.05) is 13.1 Å². The zero-order valence-electron chi connectivity index (χ0n) is 9.19. The lowest BCUT2D eigenvalue weighted by atomic mass is 10.2. The van der Waals surface area contributed by atoms with Crippen LogP contribution in [0, 0.1) is 5.92 Å². The number of carbonyl (C=O) groups excluding carboxylic acids is 2. The molecule has 1 aliphatic rings. The van der Waals surface area contributed by atoms with Gasteiger partial charge in [-0.2, -0.15) is 0 Å². The first-order valence-corrected chi connectivity index (χ1v) is 5.14. The van der Waals surface area contributed by atoms with Crippen LogP contribution in [0.15, 0.2) is 0 Å². The number of hydrogen-bond donors (Lipinski definition) is 0. The molecule has 0 radical (unpaired) electrons. The molecule has 1 heterocycles. The number of methoxy groups -OCH3 is 1. The molecule has 5 nitrogen and oxygen atoms in total. The number of carbonyl (C=O) groups is 2. The van der Waals surface area contributed by atoms with Crippen molar-refractivity contribution >= 4 is 12.1 Å². The van der Waals surface area contributed by atoms with Gasteiger partial charge in [0.1, 0.15) is 6.61 Å². The fourth-order valence-corrected chi connectivity index (χ4v) is 1.46. The van der Waals surface area contributed by atoms with E-state index >= 15 is 0 Å². The van der Waals surface area contributed by atoms with Crippen LogP contribution in [0.2, 0.25) is 0 Å². The van der Waals surface area contributed by atoms with Gasteiger partial charge in [0.15, 0.2) is 0 Å². The van der Waals surface area contributed by atoms with E-state index in [0.717, 1.165) is 25.9 Å². The van der Waals surface area contributed by atoms with Crippen molar-refractivity contribution in [2.24, 2.45) is 5.92 Å². The van der Waals surface area contributed by atoms with Crippen molar-refractivity contribution in [3.05, 3.63) is 0 Å². The van der Waals surface area contributed by atoms with Crippen molar-refractivity contribution in [2.45, 2.75) is 19.8 Å². The quantitative estimate of drug-likeness (QED) is 0.660. The third-order valence-corrected chi connectivity index (χ3v) is 2.42. The molecule has 0 N–H and O–H groups in total. The van der Waals surface area contributed by atoms with E-state index in [2.05, 4.69) is 4.74 Å². The summed E-state index contributed by atoms with van der Waals surface area (Å²) in [5, 5.41) is 0. The number of hydrogen-bond acceptors (Lipinski definition) is 4. The lowest BCUT2D eigenvalue weighted by molar-refractivity contribution is -0.146. The lowest BCUT2D eigenvalue weighted by Crippen LogP contribution is -2.31. The first kappa shape index (κ1) is 11.8. The van der Waals surface area contributed by atoms with Gasteiger partial charge in [-0.05, 0) is 19.8 Å². The highest BCUT2D eigenvalue weighted by Crippen LogP contribution is 2.09. The summed E-state index contributed by atoms with van der Waals surface area (Å²) in [5.41, 5.74) is 0. The Morgan fingerprint density at radius 2 is 1.93 bits per heavy atom. The minimum atomic E-state index is -0.401. The fraction of sp³-hybridized carbons (Fsp3) is 0.800. The van der Waals surface area contributed by atoms with Crippen LogP contribution in [0.5, 0.6) is 0 Å². The average molecular weight is 215 g/mol. The van der Waals surface area contributed by atoms with Crippen LogP contribution in [0.3, 0.4) is 0 Å². The predicted molar refractivity (Wildman–Crippen MR) is 53.3 cm³/mol. The molecular formula is C10H17NO4. The summed E-state index contributed by atoms with van der Waals surface area (Å²) in [4.78, 5) is 24.1. The SMILES string of the molecule is COC(=O)C(C)COC(=O)N1CCCC1. The normalized spacial score (nSPS) is 17.3. The van der Waals surface area contributed by atoms with Gasteiger partial charge in [-0.1, -0.05) is 0 Å². The monoisotopic (exact) mass is 215 g/mol. The van der Waals surface area contributed by atoms with Gasteiger partial charge in [-0.25, -0.2) is 4.79 Å². The first-order valence-electron chi connectivity index (χ1n) is 5.14. The van der Waals surface area contributed by atoms with Crippen LogP contribution in [0.1, 0.15) is 19.8 Å². The highest BCUT2D eigenvalue weighted by molar-refractivity contribution is 5.73. The fourth-order valence-electron chi connectivity index (χ4n) is 1.46. The van der Waals surface area contributed by atoms with Crippen molar-refractivity contribution in [2.75, 3.05) is 26.8 Å². The van der Waals surface area contributed by atoms with Crippen molar-refractivity contribution in [1.29, 1.82) is 0 Å². The second kappa shape index (κ2) is 5.58. The summed E-state index contributed by atoms with van der Waals surface area (Å²) in [6.45, 7) is 3.27. The van der Waals surface area contributed by atoms with Crippen molar-refractivity contribution in [1.82, 2.24) is 4.90 Å². The summed E-state index contributed by atoms with van der Waals surface area (Å²) in [6, 6.07) is 0. The Hall–Kier alpha value is -1.26. The number of rotatable bonds is 3. The second-order valence-electron chi connectivity index (χ2n) is 3.70. The molecule has 0 saturated carbocycles. The molecule has 1 atom stereocenters. The zero-order valence-corrected chi connectivity index (χ0v) is 9.19. The molecule has 1 aliphatic heterocycles. The molecule has 0 spiro atoms. The predicted octanol–water partition coefficient (Wildman–Crippen LogP) is 1.03. The number of amides is 1. The summed E-state index contributed by atoms with van der Waals surface area (Å²) in [7, 11) is 1.32. The van der Waals surface area contributed by atoms with Gasteiger partial charge in [-0.3, -0.25) is 4.79 Å². The van der Waals surface area contributed by atoms with Crippen LogP contribution < -0.4 is 0 Å². The van der Waals surface area contributed by atoms with E-state index in [1.54, 1.807) is 11.8 Å². The highest BCUT2D eigenvalue weighted by Gasteiger charge is 2.21. The molecule has 0 aliphatic carbocycles. The molecule has 5 heteroatoms. The molecule has 1 rings (SSSR count). The molecule has 1 fully saturated rings. The van der Waals surface area contributed by atoms with Gasteiger partial charge in [0.2, 0.25) is 0 Å². The van der Waals surface area contributed by atoms with E-state index in [4.69, 9.17) is 4.74 Å². The topological polar surface area (TPSA) is 55.8 Å². The Bertz CT molecular complexity index is 236. The number of likely N-dealkylation sites (tertiary alicyclic amines) is 1. The molecule has 1 amide bonds. The molecule has 15 heavy (non-hydrogen) atoms. The van der Waals surface area contributed by atoms with Gasteiger partial charge >= 0.3 is 12.1 Å². The molecule has 0 aromatic rings. The Kier molecular flexibility index (Phi) is 4.39. The maximum Gasteiger partial charge on any atom is 0.409 e. The van der Waals surface area contributed by atoms with E-state index in [1.165, 1.54) is 7.11 Å². The molecule has 0 bridgehead atoms. The van der Waals surface area contributed by atoms with Crippen molar-refractivity contribution < 1.29 is 19.1 Å². The van der Waals surface area contributed by atoms with E-state index in [0.29, 0.717) is 0 Å². The molecule has 0 aromatic carbocycles. The van der Waals surface area contributed by atoms with Gasteiger partial charge in [0.25, 0.3) is 0 Å². The number of esters is 1. The zero-order chi connectivity index (χ0) is 11.3. The number of nitrogens with zero attached hydrogens (tertiary/aromatic N) is 1. The average Bonchev–Trinajstić information content (AvgIpc) is 2.77. The lowest BCUT2D eigenvalue weighted by Gasteiger charge is -2.16. The minimum Gasteiger partial charge on any atom is -0.469 e. The summed E-state index contributed by atoms with van der Waals surface area (Å²) in [6.07, 6.45) is 1.73. The van der Waals surface area contributed by atoms with Gasteiger partial charge < -0.3 is 14.4 Å². The first-order chi connectivity index (χ1) is 7.15. The van der Waals surface area contributed by atoms with Crippen molar-refractivity contribution in [3.63, 3.8) is 0 Å². The van der Waals surface area contributed by atoms with Crippen LogP contribution >= 0.6 is 0 Å². The van der Waals surface area contributed by atoms with E-state index in [1.807, 2.05) is 0 Å². The molecular weight excluding hydrogens is 198 g/mol. The Balaban J connectivity index is 2.24. The van der Waals surface area contributed by atoms with Crippen LogP contribution in [0.25, 0.3) is 0 Å². The standard InChI is InChI=1S/C10H17NO4/c1-8(9(12)14-2)7-15-10(13)11-5-3-4-6-11/h8H,3-7H2,1-2H3. The third kappa shape index (κ3) is 3.42. The van der Waals surface area contributed by atoms with Crippen LogP contribution in [0.4, 0.5) is 4.79 Å². The summed E-state index contributed by atoms with van der Waals surface area (Å²) in [5.74, 6) is -0.759. The Morgan fingerprint density at radius 1 is 1.33 bits per heavy atom. The highest BCUT2D eigenvalue weighted by atomic mass is 16.6. The van der Waals surface area contributed by atoms with E-state index in [-0.39, 0.29) is 18.7 Å². The molecule has 0 aromatic heterocycles. The Labute approximate surface area is 89.3 Å². The third-order valence-electron chi connectivity index (χ3n) is 2.42. The van der Waals surface area contributed by atoms with E-state index in [9.17, 15) is 9.59 Å². The maximum absolute atomic E-state index is 11.4. The minimum absolute atomic E-state index is 0.0853. The van der Waals surface area contributed by atoms with Gasteiger partial charge in [-0.15, -0.1) is 0 Å². The Morgan fingerprint density at radius 3 is 2.47 bits per heavy atom. The van der Waals surface area contributed by atoms with E-state index < -0.39 is 5.92 Å². The maximum atomic E-state index is 11.4. The number of ether oxygens (including phenoxy) is 2. The van der Waals surface area contributed by atoms with Gasteiger partial charge in [0.05, 0.1) is 13.0 Å². The molecule has 1 saturated heterocycles. The summed E-state index contributed by atoms with van der Waals surface area (Å²) < 4.78 is 9.52.